The maximum Gasteiger partial charge on any atom is 0.410 e. The average molecular weight is 335 g/mol. The monoisotopic (exact) mass is 335 g/mol. The number of likely N-dealkylation sites (N-methyl/N-ethyl adjacent to an activating group) is 1. The van der Waals surface area contributed by atoms with E-state index in [0.717, 1.165) is 11.4 Å². The van der Waals surface area contributed by atoms with Crippen LogP contribution in [0, 0.1) is 20.8 Å². The van der Waals surface area contributed by atoms with Crippen molar-refractivity contribution in [2.24, 2.45) is 0 Å². The van der Waals surface area contributed by atoms with Crippen molar-refractivity contribution in [3.63, 3.8) is 0 Å². The molecule has 0 saturated carbocycles. The zero-order valence-electron chi connectivity index (χ0n) is 16.5. The molecule has 24 heavy (non-hydrogen) atoms. The summed E-state index contributed by atoms with van der Waals surface area (Å²) in [5, 5.41) is 3.49. The SMILES string of the molecule is CCN(CCNC(C)c1c(C)cc(C)nc1C)C(=O)OC(C)(C)C. The van der Waals surface area contributed by atoms with Crippen LogP contribution < -0.4 is 5.32 Å². The summed E-state index contributed by atoms with van der Waals surface area (Å²) in [5.74, 6) is 0. The van der Waals surface area contributed by atoms with Gasteiger partial charge in [-0.25, -0.2) is 4.79 Å². The van der Waals surface area contributed by atoms with Gasteiger partial charge in [-0.1, -0.05) is 0 Å². The lowest BCUT2D eigenvalue weighted by molar-refractivity contribution is 0.0261. The molecule has 0 fully saturated rings. The number of nitrogens with one attached hydrogen (secondary N) is 1. The number of aromatic nitrogens is 1. The third-order valence-electron chi connectivity index (χ3n) is 3.88. The minimum Gasteiger partial charge on any atom is -0.444 e. The molecule has 1 amide bonds. The van der Waals surface area contributed by atoms with Crippen molar-refractivity contribution in [3.05, 3.63) is 28.6 Å². The Labute approximate surface area is 146 Å². The van der Waals surface area contributed by atoms with Gasteiger partial charge in [-0.05, 0) is 72.6 Å². The Bertz CT molecular complexity index is 541. The van der Waals surface area contributed by atoms with Crippen molar-refractivity contribution in [1.29, 1.82) is 0 Å². The average Bonchev–Trinajstić information content (AvgIpc) is 2.40. The Balaban J connectivity index is 2.61. The van der Waals surface area contributed by atoms with Crippen LogP contribution >= 0.6 is 0 Å². The third-order valence-corrected chi connectivity index (χ3v) is 3.88. The molecule has 0 aliphatic rings. The van der Waals surface area contributed by atoms with E-state index in [4.69, 9.17) is 4.74 Å². The van der Waals surface area contributed by atoms with Gasteiger partial charge in [0.1, 0.15) is 5.60 Å². The fourth-order valence-corrected chi connectivity index (χ4v) is 2.91. The molecule has 0 bridgehead atoms. The van der Waals surface area contributed by atoms with E-state index in [1.807, 2.05) is 41.5 Å². The Morgan fingerprint density at radius 3 is 2.46 bits per heavy atom. The summed E-state index contributed by atoms with van der Waals surface area (Å²) in [5.41, 5.74) is 4.13. The minimum absolute atomic E-state index is 0.190. The summed E-state index contributed by atoms with van der Waals surface area (Å²) in [6.45, 7) is 17.9. The molecule has 0 radical (unpaired) electrons. The van der Waals surface area contributed by atoms with Gasteiger partial charge in [0, 0.05) is 37.1 Å². The predicted octanol–water partition coefficient (Wildman–Crippen LogP) is 3.91. The molecule has 5 heteroatoms. The fraction of sp³-hybridized carbons (Fsp3) is 0.684. The van der Waals surface area contributed by atoms with Gasteiger partial charge in [-0.2, -0.15) is 0 Å². The fourth-order valence-electron chi connectivity index (χ4n) is 2.91. The third kappa shape index (κ3) is 6.11. The van der Waals surface area contributed by atoms with Gasteiger partial charge < -0.3 is 15.0 Å². The first-order valence-corrected chi connectivity index (χ1v) is 8.71. The normalized spacial score (nSPS) is 12.8. The van der Waals surface area contributed by atoms with E-state index in [1.54, 1.807) is 4.90 Å². The Morgan fingerprint density at radius 1 is 1.33 bits per heavy atom. The summed E-state index contributed by atoms with van der Waals surface area (Å²) in [7, 11) is 0. The maximum atomic E-state index is 12.1. The summed E-state index contributed by atoms with van der Waals surface area (Å²) >= 11 is 0. The van der Waals surface area contributed by atoms with E-state index in [9.17, 15) is 4.79 Å². The summed E-state index contributed by atoms with van der Waals surface area (Å²) in [6, 6.07) is 2.30. The quantitative estimate of drug-likeness (QED) is 0.856. The number of aryl methyl sites for hydroxylation is 3. The lowest BCUT2D eigenvalue weighted by Crippen LogP contribution is -2.40. The number of ether oxygens (including phenoxy) is 1. The number of pyridine rings is 1. The Kier molecular flexibility index (Phi) is 7.21. The number of amides is 1. The van der Waals surface area contributed by atoms with Crippen molar-refractivity contribution in [2.45, 2.75) is 67.0 Å². The van der Waals surface area contributed by atoms with E-state index < -0.39 is 5.60 Å². The van der Waals surface area contributed by atoms with Crippen LogP contribution in [0.5, 0.6) is 0 Å². The van der Waals surface area contributed by atoms with Gasteiger partial charge in [-0.15, -0.1) is 0 Å². The van der Waals surface area contributed by atoms with Crippen molar-refractivity contribution >= 4 is 6.09 Å². The molecule has 0 saturated heterocycles. The van der Waals surface area contributed by atoms with Crippen molar-refractivity contribution < 1.29 is 9.53 Å². The highest BCUT2D eigenvalue weighted by Gasteiger charge is 2.21. The van der Waals surface area contributed by atoms with Crippen molar-refractivity contribution in [3.8, 4) is 0 Å². The first-order valence-electron chi connectivity index (χ1n) is 8.71. The zero-order valence-corrected chi connectivity index (χ0v) is 16.5. The smallest absolute Gasteiger partial charge is 0.410 e. The Morgan fingerprint density at radius 2 is 1.96 bits per heavy atom. The lowest BCUT2D eigenvalue weighted by Gasteiger charge is -2.27. The number of hydrogen-bond donors (Lipinski definition) is 1. The summed E-state index contributed by atoms with van der Waals surface area (Å²) in [4.78, 5) is 18.4. The lowest BCUT2D eigenvalue weighted by atomic mass is 10.0. The predicted molar refractivity (Wildman–Crippen MR) is 98.3 cm³/mol. The number of hydrogen-bond acceptors (Lipinski definition) is 4. The largest absolute Gasteiger partial charge is 0.444 e. The van der Waals surface area contributed by atoms with E-state index in [1.165, 1.54) is 11.1 Å². The molecule has 1 aromatic heterocycles. The van der Waals surface area contributed by atoms with E-state index in [0.29, 0.717) is 19.6 Å². The number of nitrogens with zero attached hydrogens (tertiary/aromatic N) is 2. The summed E-state index contributed by atoms with van der Waals surface area (Å²) in [6.07, 6.45) is -0.260. The van der Waals surface area contributed by atoms with Gasteiger partial charge >= 0.3 is 6.09 Å². The number of rotatable bonds is 6. The zero-order chi connectivity index (χ0) is 18.5. The second kappa shape index (κ2) is 8.47. The highest BCUT2D eigenvalue weighted by Crippen LogP contribution is 2.21. The molecule has 1 rings (SSSR count). The maximum absolute atomic E-state index is 12.1. The number of carbonyl (C=O) groups is 1. The topological polar surface area (TPSA) is 54.5 Å². The molecular formula is C19H33N3O2. The van der Waals surface area contributed by atoms with Gasteiger partial charge in [-0.3, -0.25) is 4.98 Å². The van der Waals surface area contributed by atoms with Gasteiger partial charge in [0.2, 0.25) is 0 Å². The molecule has 136 valence electrons. The highest BCUT2D eigenvalue weighted by atomic mass is 16.6. The van der Waals surface area contributed by atoms with Crippen molar-refractivity contribution in [2.75, 3.05) is 19.6 Å². The van der Waals surface area contributed by atoms with Gasteiger partial charge in [0.15, 0.2) is 0 Å². The molecular weight excluding hydrogens is 302 g/mol. The first kappa shape index (κ1) is 20.4. The molecule has 0 spiro atoms. The van der Waals surface area contributed by atoms with Crippen molar-refractivity contribution in [1.82, 2.24) is 15.2 Å². The van der Waals surface area contributed by atoms with Gasteiger partial charge in [0.05, 0.1) is 0 Å². The minimum atomic E-state index is -0.465. The molecule has 1 aromatic rings. The van der Waals surface area contributed by atoms with Crippen LogP contribution in [0.1, 0.15) is 63.2 Å². The van der Waals surface area contributed by atoms with Gasteiger partial charge in [0.25, 0.3) is 0 Å². The van der Waals surface area contributed by atoms with Crippen LogP contribution in [-0.4, -0.2) is 41.2 Å². The van der Waals surface area contributed by atoms with E-state index >= 15 is 0 Å². The molecule has 0 aromatic carbocycles. The standard InChI is InChI=1S/C19H33N3O2/c1-9-22(18(23)24-19(6,7)8)11-10-20-15(4)17-13(2)12-14(3)21-16(17)5/h12,15,20H,9-11H2,1-8H3. The molecule has 0 aliphatic carbocycles. The van der Waals surface area contributed by atoms with Crippen LogP contribution in [-0.2, 0) is 4.74 Å². The molecule has 1 unspecified atom stereocenters. The number of carbonyl (C=O) groups excluding carboxylic acids is 1. The molecule has 0 aliphatic heterocycles. The van der Waals surface area contributed by atoms with Crippen LogP contribution in [0.2, 0.25) is 0 Å². The highest BCUT2D eigenvalue weighted by molar-refractivity contribution is 5.68. The Hall–Kier alpha value is -1.62. The molecule has 1 N–H and O–H groups in total. The second-order valence-corrected chi connectivity index (χ2v) is 7.32. The van der Waals surface area contributed by atoms with Crippen LogP contribution in [0.3, 0.4) is 0 Å². The molecule has 1 atom stereocenters. The van der Waals surface area contributed by atoms with Crippen LogP contribution in [0.4, 0.5) is 4.79 Å². The van der Waals surface area contributed by atoms with Crippen LogP contribution in [0.15, 0.2) is 6.07 Å². The second-order valence-electron chi connectivity index (χ2n) is 7.32. The molecule has 1 heterocycles. The van der Waals surface area contributed by atoms with Crippen LogP contribution in [0.25, 0.3) is 0 Å². The summed E-state index contributed by atoms with van der Waals surface area (Å²) < 4.78 is 5.43. The molecule has 5 nitrogen and oxygen atoms in total. The van der Waals surface area contributed by atoms with E-state index in [-0.39, 0.29) is 12.1 Å². The first-order chi connectivity index (χ1) is 11.0. The van der Waals surface area contributed by atoms with E-state index in [2.05, 4.69) is 30.2 Å².